The summed E-state index contributed by atoms with van der Waals surface area (Å²) in [6, 6.07) is 4.31. The van der Waals surface area contributed by atoms with Gasteiger partial charge in [-0.3, -0.25) is 4.79 Å². The second kappa shape index (κ2) is 4.33. The number of aldehydes is 1. The molecule has 0 aliphatic carbocycles. The highest BCUT2D eigenvalue weighted by Crippen LogP contribution is 2.25. The van der Waals surface area contributed by atoms with Crippen molar-refractivity contribution >= 4 is 24.4 Å². The molecule has 0 radical (unpaired) electrons. The van der Waals surface area contributed by atoms with Crippen molar-refractivity contribution in [2.75, 3.05) is 5.73 Å². The van der Waals surface area contributed by atoms with Crippen molar-refractivity contribution in [3.63, 3.8) is 0 Å². The van der Waals surface area contributed by atoms with E-state index in [1.165, 1.54) is 12.1 Å². The number of hydrogen-bond donors (Lipinski definition) is 2. The lowest BCUT2D eigenvalue weighted by molar-refractivity contribution is 0.112. The second-order valence-corrected chi connectivity index (χ2v) is 2.24. The Balaban J connectivity index is 0.00000144. The number of nitrogens with two attached hydrogens (primary N) is 1. The second-order valence-electron chi connectivity index (χ2n) is 2.24. The number of carbonyl (C=O) groups excluding carboxylic acids is 1. The maximum absolute atomic E-state index is 10.3. The molecule has 68 valence electrons. The van der Waals surface area contributed by atoms with Crippen LogP contribution >= 0.6 is 12.4 Å². The van der Waals surface area contributed by atoms with Crippen molar-refractivity contribution in [3.8, 4) is 11.8 Å². The standard InChI is InChI=1S/C8H6N2O2.ClH/c9-3-6-1-5(4-11)2-7(10)8(6)12;/h1-2,4,12H,10H2;1H. The fraction of sp³-hybridized carbons (Fsp3) is 0. The third kappa shape index (κ3) is 2.10. The molecule has 1 rings (SSSR count). The first-order valence-corrected chi connectivity index (χ1v) is 3.16. The summed E-state index contributed by atoms with van der Waals surface area (Å²) in [6.45, 7) is 0. The molecule has 0 fully saturated rings. The van der Waals surface area contributed by atoms with E-state index >= 15 is 0 Å². The van der Waals surface area contributed by atoms with Crippen LogP contribution in [0.2, 0.25) is 0 Å². The number of rotatable bonds is 1. The quantitative estimate of drug-likeness (QED) is 0.402. The number of nitrogens with zero attached hydrogens (tertiary/aromatic N) is 1. The van der Waals surface area contributed by atoms with Crippen molar-refractivity contribution < 1.29 is 9.90 Å². The normalized spacial score (nSPS) is 8.23. The molecule has 0 saturated heterocycles. The van der Waals surface area contributed by atoms with Crippen molar-refractivity contribution in [3.05, 3.63) is 23.3 Å². The van der Waals surface area contributed by atoms with Gasteiger partial charge in [-0.15, -0.1) is 12.4 Å². The Morgan fingerprint density at radius 3 is 2.62 bits per heavy atom. The lowest BCUT2D eigenvalue weighted by Crippen LogP contribution is -1.91. The smallest absolute Gasteiger partial charge is 0.156 e. The number of nitrogen functional groups attached to an aromatic ring is 1. The molecular weight excluding hydrogens is 192 g/mol. The highest BCUT2D eigenvalue weighted by Gasteiger charge is 2.05. The number of aromatic hydroxyl groups is 1. The molecule has 3 N–H and O–H groups in total. The Bertz CT molecular complexity index is 371. The zero-order valence-corrected chi connectivity index (χ0v) is 7.34. The average molecular weight is 199 g/mol. The summed E-state index contributed by atoms with van der Waals surface area (Å²) in [6.07, 6.45) is 0.566. The predicted molar refractivity (Wildman–Crippen MR) is 49.9 cm³/mol. The van der Waals surface area contributed by atoms with Crippen LogP contribution in [-0.2, 0) is 0 Å². The van der Waals surface area contributed by atoms with E-state index in [1.807, 2.05) is 0 Å². The van der Waals surface area contributed by atoms with E-state index in [9.17, 15) is 4.79 Å². The lowest BCUT2D eigenvalue weighted by atomic mass is 10.1. The molecular formula is C8H7ClN2O2. The zero-order chi connectivity index (χ0) is 9.14. The van der Waals surface area contributed by atoms with Crippen LogP contribution in [0.3, 0.4) is 0 Å². The highest BCUT2D eigenvalue weighted by molar-refractivity contribution is 5.85. The molecule has 1 aromatic carbocycles. The van der Waals surface area contributed by atoms with Gasteiger partial charge in [0.05, 0.1) is 11.3 Å². The van der Waals surface area contributed by atoms with E-state index in [4.69, 9.17) is 16.1 Å². The predicted octanol–water partition coefficient (Wildman–Crippen LogP) is 1.08. The number of phenols is 1. The Labute approximate surface area is 81.0 Å². The molecule has 13 heavy (non-hydrogen) atoms. The molecule has 0 aromatic heterocycles. The van der Waals surface area contributed by atoms with Crippen molar-refractivity contribution in [2.24, 2.45) is 0 Å². The van der Waals surface area contributed by atoms with Crippen LogP contribution in [0.4, 0.5) is 5.69 Å². The minimum Gasteiger partial charge on any atom is -0.504 e. The molecule has 0 heterocycles. The highest BCUT2D eigenvalue weighted by atomic mass is 35.5. The minimum absolute atomic E-state index is 0. The summed E-state index contributed by atoms with van der Waals surface area (Å²) in [7, 11) is 0. The fourth-order valence-electron chi connectivity index (χ4n) is 0.833. The molecule has 0 amide bonds. The average Bonchev–Trinajstić information content (AvgIpc) is 2.09. The van der Waals surface area contributed by atoms with E-state index in [0.717, 1.165) is 0 Å². The minimum atomic E-state index is -0.275. The molecule has 4 nitrogen and oxygen atoms in total. The maximum Gasteiger partial charge on any atom is 0.156 e. The number of anilines is 1. The van der Waals surface area contributed by atoms with E-state index in [1.54, 1.807) is 6.07 Å². The van der Waals surface area contributed by atoms with Crippen LogP contribution in [0.5, 0.6) is 5.75 Å². The van der Waals surface area contributed by atoms with Gasteiger partial charge in [-0.25, -0.2) is 0 Å². The Hall–Kier alpha value is -1.73. The number of benzene rings is 1. The molecule has 0 aliphatic rings. The number of phenolic OH excluding ortho intramolecular Hbond substituents is 1. The molecule has 1 aromatic rings. The van der Waals surface area contributed by atoms with Crippen molar-refractivity contribution in [1.29, 1.82) is 5.26 Å². The number of nitriles is 1. The fourth-order valence-corrected chi connectivity index (χ4v) is 0.833. The van der Waals surface area contributed by atoms with Gasteiger partial charge in [0.15, 0.2) is 5.75 Å². The summed E-state index contributed by atoms with van der Waals surface area (Å²) in [4.78, 5) is 10.3. The van der Waals surface area contributed by atoms with Crippen LogP contribution in [-0.4, -0.2) is 11.4 Å². The Morgan fingerprint density at radius 2 is 2.15 bits per heavy atom. The number of hydrogen-bond acceptors (Lipinski definition) is 4. The molecule has 0 atom stereocenters. The lowest BCUT2D eigenvalue weighted by Gasteiger charge is -2.00. The summed E-state index contributed by atoms with van der Waals surface area (Å²) >= 11 is 0. The summed E-state index contributed by atoms with van der Waals surface area (Å²) < 4.78 is 0. The summed E-state index contributed by atoms with van der Waals surface area (Å²) in [5, 5.41) is 17.6. The molecule has 0 spiro atoms. The summed E-state index contributed by atoms with van der Waals surface area (Å²) in [5.74, 6) is -0.275. The van der Waals surface area contributed by atoms with Gasteiger partial charge in [-0.05, 0) is 12.1 Å². The van der Waals surface area contributed by atoms with Crippen molar-refractivity contribution in [2.45, 2.75) is 0 Å². The van der Waals surface area contributed by atoms with E-state index in [0.29, 0.717) is 6.29 Å². The Kier molecular flexibility index (Phi) is 3.76. The maximum atomic E-state index is 10.3. The van der Waals surface area contributed by atoms with Crippen LogP contribution < -0.4 is 5.73 Å². The third-order valence-electron chi connectivity index (χ3n) is 1.42. The first kappa shape index (κ1) is 11.3. The van der Waals surface area contributed by atoms with Crippen molar-refractivity contribution in [1.82, 2.24) is 0 Å². The van der Waals surface area contributed by atoms with Gasteiger partial charge in [0.25, 0.3) is 0 Å². The number of carbonyl (C=O) groups is 1. The van der Waals surface area contributed by atoms with Gasteiger partial charge < -0.3 is 10.8 Å². The van der Waals surface area contributed by atoms with Crippen LogP contribution in [0.25, 0.3) is 0 Å². The molecule has 0 bridgehead atoms. The molecule has 0 aliphatic heterocycles. The topological polar surface area (TPSA) is 87.1 Å². The summed E-state index contributed by atoms with van der Waals surface area (Å²) in [5.41, 5.74) is 5.64. The van der Waals surface area contributed by atoms with Crippen LogP contribution in [0, 0.1) is 11.3 Å². The first-order chi connectivity index (χ1) is 5.69. The Morgan fingerprint density at radius 1 is 1.54 bits per heavy atom. The van der Waals surface area contributed by atoms with E-state index < -0.39 is 0 Å². The molecule has 0 unspecified atom stereocenters. The number of halogens is 1. The van der Waals surface area contributed by atoms with Gasteiger partial charge in [0, 0.05) is 5.56 Å². The van der Waals surface area contributed by atoms with E-state index in [-0.39, 0.29) is 35.0 Å². The van der Waals surface area contributed by atoms with Gasteiger partial charge in [-0.2, -0.15) is 5.26 Å². The van der Waals surface area contributed by atoms with Gasteiger partial charge in [-0.1, -0.05) is 0 Å². The monoisotopic (exact) mass is 198 g/mol. The molecule has 5 heteroatoms. The largest absolute Gasteiger partial charge is 0.504 e. The third-order valence-corrected chi connectivity index (χ3v) is 1.42. The van der Waals surface area contributed by atoms with Crippen LogP contribution in [0.15, 0.2) is 12.1 Å². The van der Waals surface area contributed by atoms with E-state index in [2.05, 4.69) is 0 Å². The van der Waals surface area contributed by atoms with Gasteiger partial charge in [0.1, 0.15) is 12.4 Å². The van der Waals surface area contributed by atoms with Gasteiger partial charge >= 0.3 is 0 Å². The van der Waals surface area contributed by atoms with Gasteiger partial charge in [0.2, 0.25) is 0 Å². The first-order valence-electron chi connectivity index (χ1n) is 3.16. The molecule has 0 saturated carbocycles. The zero-order valence-electron chi connectivity index (χ0n) is 6.52. The van der Waals surface area contributed by atoms with Crippen LogP contribution in [0.1, 0.15) is 15.9 Å². The SMILES string of the molecule is Cl.N#Cc1cc(C=O)cc(N)c1O.